The molecule has 0 radical (unpaired) electrons. The quantitative estimate of drug-likeness (QED) is 0.0537. The van der Waals surface area contributed by atoms with Crippen LogP contribution in [-0.4, -0.2) is 30.8 Å². The third-order valence-electron chi connectivity index (χ3n) is 8.42. The Morgan fingerprint density at radius 1 is 0.827 bits per heavy atom. The van der Waals surface area contributed by atoms with Crippen molar-refractivity contribution >= 4 is 75.2 Å². The van der Waals surface area contributed by atoms with E-state index in [-0.39, 0.29) is 11.6 Å². The molecule has 52 heavy (non-hydrogen) atoms. The van der Waals surface area contributed by atoms with Crippen LogP contribution in [0.2, 0.25) is 5.02 Å². The maximum atomic E-state index is 14.1. The minimum Gasteiger partial charge on any atom is -0.465 e. The first-order chi connectivity index (χ1) is 25.3. The fraction of sp³-hybridized carbons (Fsp3) is 0.171. The van der Waals surface area contributed by atoms with Gasteiger partial charge < -0.3 is 20.7 Å². The van der Waals surface area contributed by atoms with E-state index in [1.165, 1.54) is 30.2 Å². The number of thioether (sulfide) groups is 1. The maximum absolute atomic E-state index is 14.1. The van der Waals surface area contributed by atoms with Crippen molar-refractivity contribution < 1.29 is 23.9 Å². The van der Waals surface area contributed by atoms with E-state index < -0.39 is 23.0 Å². The normalized spacial score (nSPS) is 13.2. The van der Waals surface area contributed by atoms with Gasteiger partial charge in [-0.1, -0.05) is 84.8 Å². The van der Waals surface area contributed by atoms with Crippen molar-refractivity contribution in [3.63, 3.8) is 0 Å². The summed E-state index contributed by atoms with van der Waals surface area (Å²) in [5.74, 6) is -1.73. The Balaban J connectivity index is 1.25. The summed E-state index contributed by atoms with van der Waals surface area (Å²) in [4.78, 5) is 55.7. The maximum Gasteiger partial charge on any atom is 0.341 e. The molecule has 0 saturated carbocycles. The minimum absolute atomic E-state index is 0.0199. The van der Waals surface area contributed by atoms with Gasteiger partial charge in [-0.25, -0.2) is 4.79 Å². The number of halogens is 1. The monoisotopic (exact) mass is 749 g/mol. The van der Waals surface area contributed by atoms with Crippen LogP contribution in [0.15, 0.2) is 120 Å². The van der Waals surface area contributed by atoms with Gasteiger partial charge in [-0.3, -0.25) is 14.4 Å². The zero-order valence-electron chi connectivity index (χ0n) is 28.3. The van der Waals surface area contributed by atoms with Gasteiger partial charge in [0.1, 0.15) is 15.9 Å². The summed E-state index contributed by atoms with van der Waals surface area (Å²) >= 11 is 8.97. The highest BCUT2D eigenvalue weighted by Gasteiger charge is 2.29. The van der Waals surface area contributed by atoms with E-state index >= 15 is 0 Å². The van der Waals surface area contributed by atoms with Crippen molar-refractivity contribution in [1.29, 1.82) is 0 Å². The molecule has 0 aliphatic heterocycles. The molecule has 1 aliphatic rings. The summed E-state index contributed by atoms with van der Waals surface area (Å²) in [6, 6.07) is 32.1. The van der Waals surface area contributed by atoms with Crippen LogP contribution in [0.1, 0.15) is 66.8 Å². The Morgan fingerprint density at radius 2 is 1.56 bits per heavy atom. The molecular formula is C41H36ClN3O5S2. The average Bonchev–Trinajstić information content (AvgIpc) is 3.33. The number of esters is 1. The predicted octanol–water partition coefficient (Wildman–Crippen LogP) is 9.34. The van der Waals surface area contributed by atoms with Gasteiger partial charge in [0.05, 0.1) is 12.7 Å². The molecule has 11 heteroatoms. The summed E-state index contributed by atoms with van der Waals surface area (Å²) in [6.45, 7) is 0. The van der Waals surface area contributed by atoms with Gasteiger partial charge in [-0.15, -0.1) is 23.1 Å². The van der Waals surface area contributed by atoms with Gasteiger partial charge >= 0.3 is 5.97 Å². The second-order valence-electron chi connectivity index (χ2n) is 12.1. The van der Waals surface area contributed by atoms with Gasteiger partial charge in [0.25, 0.3) is 11.8 Å². The topological polar surface area (TPSA) is 114 Å². The standard InChI is InChI=1S/C41H36ClN3O5S2/c1-50-41(49)35-32-21-9-4-10-22-34(32)52-40(35)45-39(48)36(27-14-5-2-6-15-27)51-31-20-12-19-30(25-31)43-38(47)33(24-26-13-11-18-29(42)23-26)44-37(46)28-16-7-3-8-17-28/h2-3,5-8,11-20,23-25,36H,4,9-10,21-22H2,1H3,(H,43,47)(H,44,46)(H,45,48)/b33-24-. The zero-order chi connectivity index (χ0) is 36.5. The van der Waals surface area contributed by atoms with Crippen molar-refractivity contribution in [3.05, 3.63) is 153 Å². The smallest absolute Gasteiger partial charge is 0.341 e. The first-order valence-electron chi connectivity index (χ1n) is 16.8. The number of ether oxygens (including phenoxy) is 1. The number of carbonyl (C=O) groups is 4. The molecule has 1 aromatic heterocycles. The van der Waals surface area contributed by atoms with Gasteiger partial charge in [-0.05, 0) is 90.9 Å². The average molecular weight is 750 g/mol. The van der Waals surface area contributed by atoms with Crippen molar-refractivity contribution in [2.24, 2.45) is 0 Å². The second-order valence-corrected chi connectivity index (χ2v) is 14.8. The number of amides is 3. The number of methoxy groups -OCH3 is 1. The highest BCUT2D eigenvalue weighted by Crippen LogP contribution is 2.41. The predicted molar refractivity (Wildman–Crippen MR) is 209 cm³/mol. The van der Waals surface area contributed by atoms with E-state index in [1.54, 1.807) is 78.9 Å². The molecule has 5 aromatic rings. The molecule has 264 valence electrons. The number of hydrogen-bond acceptors (Lipinski definition) is 7. The highest BCUT2D eigenvalue weighted by molar-refractivity contribution is 8.00. The number of aryl methyl sites for hydroxylation is 1. The molecule has 0 spiro atoms. The van der Waals surface area contributed by atoms with Crippen LogP contribution >= 0.6 is 34.7 Å². The Morgan fingerprint density at radius 3 is 2.31 bits per heavy atom. The van der Waals surface area contributed by atoms with E-state index in [9.17, 15) is 19.2 Å². The Labute approximate surface area is 315 Å². The van der Waals surface area contributed by atoms with Crippen molar-refractivity contribution in [2.75, 3.05) is 17.7 Å². The summed E-state index contributed by atoms with van der Waals surface area (Å²) < 4.78 is 5.15. The Kier molecular flexibility index (Phi) is 12.2. The molecule has 3 amide bonds. The van der Waals surface area contributed by atoms with Gasteiger partial charge in [0, 0.05) is 26.0 Å². The lowest BCUT2D eigenvalue weighted by molar-refractivity contribution is -0.116. The lowest BCUT2D eigenvalue weighted by Gasteiger charge is -2.18. The number of thiophene rings is 1. The molecule has 0 bridgehead atoms. The highest BCUT2D eigenvalue weighted by atomic mass is 35.5. The number of anilines is 2. The number of rotatable bonds is 11. The van der Waals surface area contributed by atoms with E-state index in [0.29, 0.717) is 37.3 Å². The Hall–Kier alpha value is -5.16. The SMILES string of the molecule is COC(=O)c1c(NC(=O)C(Sc2cccc(NC(=O)/C(=C/c3cccc(Cl)c3)NC(=O)c3ccccc3)c2)c2ccccc2)sc2c1CCCCC2. The van der Waals surface area contributed by atoms with Crippen LogP contribution in [0.25, 0.3) is 6.08 Å². The summed E-state index contributed by atoms with van der Waals surface area (Å²) in [7, 11) is 1.36. The third-order valence-corrected chi connectivity index (χ3v) is 11.1. The largest absolute Gasteiger partial charge is 0.465 e. The minimum atomic E-state index is -0.692. The molecule has 1 unspecified atom stereocenters. The Bertz CT molecular complexity index is 2120. The van der Waals surface area contributed by atoms with Crippen LogP contribution in [0, 0.1) is 0 Å². The van der Waals surface area contributed by atoms with E-state index in [4.69, 9.17) is 16.3 Å². The van der Waals surface area contributed by atoms with E-state index in [2.05, 4.69) is 16.0 Å². The summed E-state index contributed by atoms with van der Waals surface area (Å²) in [6.07, 6.45) is 6.30. The van der Waals surface area contributed by atoms with Crippen LogP contribution in [0.3, 0.4) is 0 Å². The first kappa shape index (κ1) is 36.6. The van der Waals surface area contributed by atoms with Crippen LogP contribution in [0.4, 0.5) is 10.7 Å². The van der Waals surface area contributed by atoms with Gasteiger partial charge in [-0.2, -0.15) is 0 Å². The first-order valence-corrected chi connectivity index (χ1v) is 18.9. The number of benzene rings is 4. The van der Waals surface area contributed by atoms with Crippen molar-refractivity contribution in [2.45, 2.75) is 42.2 Å². The fourth-order valence-electron chi connectivity index (χ4n) is 5.91. The van der Waals surface area contributed by atoms with Crippen LogP contribution < -0.4 is 16.0 Å². The van der Waals surface area contributed by atoms with Gasteiger partial charge in [0.15, 0.2) is 0 Å². The second kappa shape index (κ2) is 17.4. The number of carbonyl (C=O) groups excluding carboxylic acids is 4. The lowest BCUT2D eigenvalue weighted by Crippen LogP contribution is -2.30. The molecule has 0 fully saturated rings. The fourth-order valence-corrected chi connectivity index (χ4v) is 8.48. The molecule has 1 aliphatic carbocycles. The number of hydrogen-bond donors (Lipinski definition) is 3. The molecule has 6 rings (SSSR count). The molecular weight excluding hydrogens is 714 g/mol. The lowest BCUT2D eigenvalue weighted by atomic mass is 10.1. The van der Waals surface area contributed by atoms with Crippen LogP contribution in [-0.2, 0) is 27.2 Å². The van der Waals surface area contributed by atoms with E-state index in [0.717, 1.165) is 48.1 Å². The third kappa shape index (κ3) is 9.19. The number of nitrogens with one attached hydrogen (secondary N) is 3. The van der Waals surface area contributed by atoms with Gasteiger partial charge in [0.2, 0.25) is 5.91 Å². The van der Waals surface area contributed by atoms with Crippen LogP contribution in [0.5, 0.6) is 0 Å². The molecule has 8 nitrogen and oxygen atoms in total. The van der Waals surface area contributed by atoms with E-state index in [1.807, 2.05) is 36.4 Å². The summed E-state index contributed by atoms with van der Waals surface area (Å²) in [5.41, 5.74) is 3.69. The zero-order valence-corrected chi connectivity index (χ0v) is 30.7. The molecule has 4 aromatic carbocycles. The van der Waals surface area contributed by atoms with Crippen molar-refractivity contribution in [3.8, 4) is 0 Å². The molecule has 1 atom stereocenters. The molecule has 3 N–H and O–H groups in total. The molecule has 1 heterocycles. The summed E-state index contributed by atoms with van der Waals surface area (Å²) in [5, 5.41) is 9.01. The van der Waals surface area contributed by atoms with Crippen molar-refractivity contribution in [1.82, 2.24) is 5.32 Å². The number of fused-ring (bicyclic) bond motifs is 1. The molecule has 0 saturated heterocycles.